The molecule has 0 radical (unpaired) electrons. The number of allylic oxidation sites excluding steroid dienone is 1. The lowest BCUT2D eigenvalue weighted by Crippen LogP contribution is -2.62. The van der Waals surface area contributed by atoms with E-state index < -0.39 is 35.2 Å². The second-order valence-electron chi connectivity index (χ2n) is 11.7. The van der Waals surface area contributed by atoms with Gasteiger partial charge in [-0.15, -0.1) is 0 Å². The number of anilines is 1. The van der Waals surface area contributed by atoms with Crippen molar-refractivity contribution in [2.45, 2.75) is 70.8 Å². The first-order valence-electron chi connectivity index (χ1n) is 16.2. The zero-order valence-corrected chi connectivity index (χ0v) is 28.2. The van der Waals surface area contributed by atoms with Crippen LogP contribution in [0.25, 0.3) is 0 Å². The number of hydrogen-bond acceptors (Lipinski definition) is 8. The lowest BCUT2D eigenvalue weighted by atomic mass is 9.73. The number of nitrogens with zero attached hydrogens (tertiary/aromatic N) is 1. The van der Waals surface area contributed by atoms with Crippen LogP contribution in [-0.4, -0.2) is 61.6 Å². The monoisotopic (exact) mass is 680 g/mol. The molecule has 1 aliphatic carbocycles. The number of barbiturate groups is 1. The van der Waals surface area contributed by atoms with Gasteiger partial charge >= 0.3 is 6.03 Å². The number of hydrogen-bond donors (Lipinski definition) is 5. The van der Waals surface area contributed by atoms with E-state index in [0.29, 0.717) is 41.2 Å². The molecule has 1 heterocycles. The van der Waals surface area contributed by atoms with Crippen molar-refractivity contribution in [1.82, 2.24) is 16.0 Å². The third-order valence-corrected chi connectivity index (χ3v) is 8.78. The van der Waals surface area contributed by atoms with Gasteiger partial charge in [0.1, 0.15) is 5.41 Å². The first-order chi connectivity index (χ1) is 23.0. The van der Waals surface area contributed by atoms with Crippen LogP contribution in [-0.2, 0) is 19.2 Å². The fourth-order valence-corrected chi connectivity index (χ4v) is 5.88. The Kier molecular flexibility index (Phi) is 14.5. The highest BCUT2D eigenvalue weighted by atomic mass is 35.5. The minimum absolute atomic E-state index is 0.235. The van der Waals surface area contributed by atoms with E-state index in [0.717, 1.165) is 50.5 Å². The van der Waals surface area contributed by atoms with Crippen LogP contribution in [0, 0.1) is 5.41 Å². The molecule has 2 aromatic rings. The fourth-order valence-electron chi connectivity index (χ4n) is 5.71. The molecule has 0 bridgehead atoms. The highest BCUT2D eigenvalue weighted by Crippen LogP contribution is 2.38. The second kappa shape index (κ2) is 18.2. The molecule has 1 saturated heterocycles. The summed E-state index contributed by atoms with van der Waals surface area (Å²) in [6, 6.07) is 12.1. The van der Waals surface area contributed by atoms with Gasteiger partial charge in [0.15, 0.2) is 5.78 Å². The Morgan fingerprint density at radius 1 is 1.00 bits per heavy atom. The number of unbranched alkanes of at least 4 members (excludes halogenated alkanes) is 1. The fraction of sp³-hybridized carbons (Fsp3) is 0.429. The van der Waals surface area contributed by atoms with Crippen LogP contribution >= 0.6 is 11.6 Å². The molecule has 13 heteroatoms. The number of benzene rings is 2. The zero-order valence-electron chi connectivity index (χ0n) is 27.5. The zero-order chi connectivity index (χ0) is 35.3. The van der Waals surface area contributed by atoms with Gasteiger partial charge in [-0.05, 0) is 75.3 Å². The molecule has 2 aromatic carbocycles. The summed E-state index contributed by atoms with van der Waals surface area (Å²) in [6.45, 7) is 2.12. The maximum absolute atomic E-state index is 12.9. The Balaban J connectivity index is 0.000000294. The molecule has 12 nitrogen and oxygen atoms in total. The number of rotatable bonds is 12. The Labute approximate surface area is 286 Å². The summed E-state index contributed by atoms with van der Waals surface area (Å²) < 4.78 is 0. The van der Waals surface area contributed by atoms with Crippen molar-refractivity contribution >= 4 is 52.7 Å². The lowest BCUT2D eigenvalue weighted by Gasteiger charge is -2.35. The van der Waals surface area contributed by atoms with E-state index in [1.165, 1.54) is 11.0 Å². The predicted octanol–water partition coefficient (Wildman–Crippen LogP) is 3.75. The van der Waals surface area contributed by atoms with Gasteiger partial charge in [-0.2, -0.15) is 0 Å². The molecule has 0 unspecified atom stereocenters. The van der Waals surface area contributed by atoms with E-state index in [1.54, 1.807) is 50.4 Å². The Morgan fingerprint density at radius 2 is 1.69 bits per heavy atom. The van der Waals surface area contributed by atoms with Crippen LogP contribution in [0.4, 0.5) is 10.5 Å². The normalized spacial score (nSPS) is 16.2. The molecule has 258 valence electrons. The quantitative estimate of drug-likeness (QED) is 0.0968. The molecular formula is C35H45ClN6O6. The molecule has 1 aliphatic heterocycles. The highest BCUT2D eigenvalue weighted by Gasteiger charge is 2.51. The van der Waals surface area contributed by atoms with Crippen molar-refractivity contribution in [2.75, 3.05) is 25.0 Å². The van der Waals surface area contributed by atoms with E-state index in [-0.39, 0.29) is 18.2 Å². The molecule has 7 N–H and O–H groups in total. The molecular weight excluding hydrogens is 636 g/mol. The van der Waals surface area contributed by atoms with E-state index in [9.17, 15) is 28.8 Å². The number of nitrogens with one attached hydrogen (secondary N) is 3. The number of carbonyl (C=O) groups excluding carboxylic acids is 6. The molecule has 1 atom stereocenters. The minimum Gasteiger partial charge on any atom is -0.346 e. The summed E-state index contributed by atoms with van der Waals surface area (Å²) in [7, 11) is 1.54. The maximum atomic E-state index is 12.9. The highest BCUT2D eigenvalue weighted by molar-refractivity contribution is 6.31. The van der Waals surface area contributed by atoms with Crippen molar-refractivity contribution in [3.8, 4) is 0 Å². The van der Waals surface area contributed by atoms with Gasteiger partial charge < -0.3 is 21.7 Å². The van der Waals surface area contributed by atoms with Crippen LogP contribution in [0.1, 0.15) is 80.6 Å². The Hall–Kier alpha value is -4.39. The third-order valence-electron chi connectivity index (χ3n) is 8.54. The number of urea groups is 1. The van der Waals surface area contributed by atoms with Crippen LogP contribution in [0.5, 0.6) is 0 Å². The van der Waals surface area contributed by atoms with Crippen molar-refractivity contribution in [1.29, 1.82) is 0 Å². The van der Waals surface area contributed by atoms with Gasteiger partial charge in [0, 0.05) is 23.2 Å². The summed E-state index contributed by atoms with van der Waals surface area (Å²) in [5.41, 5.74) is 12.1. The lowest BCUT2D eigenvalue weighted by molar-refractivity contribution is -0.142. The maximum Gasteiger partial charge on any atom is 0.328 e. The summed E-state index contributed by atoms with van der Waals surface area (Å²) in [4.78, 5) is 74.4. The average molecular weight is 681 g/mol. The second-order valence-corrected chi connectivity index (χ2v) is 12.2. The SMILES string of the molecule is CCC1(C2=CCCCCC2)C(=O)NC(=O)NC1=O.CN(C(=O)CNC(=O)[C@@H](N)CCCCN)c1ccc(Cl)cc1C(=O)c1ccccc1. The number of likely N-dealkylation sites (N-methyl/N-ethyl adjacent to an activating group) is 1. The standard InChI is InChI=1S/C22H27ClN4O3.C13H18N2O3/c1-27(20(28)14-26-22(30)18(25)9-5-6-12-24)19-11-10-16(23)13-17(19)21(29)15-7-3-2-4-8-15;1-2-13(9-7-5-3-4-6-8-9)10(16)14-12(18)15-11(13)17/h2-4,7-8,10-11,13,18H,5-6,9,12,14,24-25H2,1H3,(H,26,30);7H,2-6,8H2,1H3,(H2,14,15,16,17,18)/t18-;/m0./s1. The largest absolute Gasteiger partial charge is 0.346 e. The first kappa shape index (κ1) is 38.1. The minimum atomic E-state index is -1.18. The molecule has 0 aromatic heterocycles. The van der Waals surface area contributed by atoms with Crippen LogP contribution in [0.2, 0.25) is 5.02 Å². The Morgan fingerprint density at radius 3 is 2.33 bits per heavy atom. The van der Waals surface area contributed by atoms with E-state index >= 15 is 0 Å². The van der Waals surface area contributed by atoms with Gasteiger partial charge in [-0.25, -0.2) is 4.79 Å². The van der Waals surface area contributed by atoms with E-state index in [1.807, 2.05) is 12.1 Å². The number of halogens is 1. The first-order valence-corrected chi connectivity index (χ1v) is 16.6. The van der Waals surface area contributed by atoms with Gasteiger partial charge in [0.25, 0.3) is 0 Å². The van der Waals surface area contributed by atoms with Gasteiger partial charge in [-0.3, -0.25) is 34.6 Å². The smallest absolute Gasteiger partial charge is 0.328 e. The van der Waals surface area contributed by atoms with Crippen LogP contribution < -0.4 is 32.3 Å². The van der Waals surface area contributed by atoms with E-state index in [4.69, 9.17) is 23.1 Å². The molecule has 0 saturated carbocycles. The summed E-state index contributed by atoms with van der Waals surface area (Å²) >= 11 is 6.09. The van der Waals surface area contributed by atoms with Gasteiger partial charge in [-0.1, -0.05) is 67.8 Å². The molecule has 4 rings (SSSR count). The molecule has 1 fully saturated rings. The molecule has 0 spiro atoms. The van der Waals surface area contributed by atoms with Crippen molar-refractivity contribution in [3.05, 3.63) is 76.3 Å². The van der Waals surface area contributed by atoms with Crippen LogP contribution in [0.3, 0.4) is 0 Å². The summed E-state index contributed by atoms with van der Waals surface area (Å²) in [5.74, 6) is -2.00. The average Bonchev–Trinajstić information content (AvgIpc) is 3.37. The Bertz CT molecular complexity index is 1510. The topological polar surface area (TPSA) is 194 Å². The molecule has 2 aliphatic rings. The number of ketones is 1. The summed E-state index contributed by atoms with van der Waals surface area (Å²) in [5, 5.41) is 7.38. The number of nitrogens with two attached hydrogens (primary N) is 2. The van der Waals surface area contributed by atoms with Crippen molar-refractivity contribution in [3.63, 3.8) is 0 Å². The number of carbonyl (C=O) groups is 6. The molecule has 48 heavy (non-hydrogen) atoms. The third kappa shape index (κ3) is 9.59. The van der Waals surface area contributed by atoms with Crippen LogP contribution in [0.15, 0.2) is 60.2 Å². The predicted molar refractivity (Wildman–Crippen MR) is 184 cm³/mol. The number of amides is 6. The van der Waals surface area contributed by atoms with Crippen molar-refractivity contribution < 1.29 is 28.8 Å². The van der Waals surface area contributed by atoms with Gasteiger partial charge in [0.2, 0.25) is 23.6 Å². The number of imide groups is 2. The van der Waals surface area contributed by atoms with E-state index in [2.05, 4.69) is 16.0 Å². The van der Waals surface area contributed by atoms with Crippen molar-refractivity contribution in [2.24, 2.45) is 16.9 Å². The summed E-state index contributed by atoms with van der Waals surface area (Å²) in [6.07, 6.45) is 9.26. The van der Waals surface area contributed by atoms with Gasteiger partial charge in [0.05, 0.1) is 18.3 Å². The molecule has 6 amide bonds.